The zero-order chi connectivity index (χ0) is 15.4. The minimum atomic E-state index is -2.19. The van der Waals surface area contributed by atoms with Gasteiger partial charge in [0, 0.05) is 25.8 Å². The Balaban J connectivity index is 2.93. The van der Waals surface area contributed by atoms with Gasteiger partial charge in [0.2, 0.25) is 5.82 Å². The topological polar surface area (TPSA) is 32.7 Å². The molecule has 0 saturated heterocycles. The smallest absolute Gasteiger partial charge is 0.200 e. The van der Waals surface area contributed by atoms with E-state index in [-0.39, 0.29) is 13.2 Å². The number of hydrogen-bond acceptors (Lipinski definition) is 3. The van der Waals surface area contributed by atoms with Crippen LogP contribution in [-0.2, 0) is 11.3 Å². The molecule has 0 radical (unpaired) electrons. The van der Waals surface area contributed by atoms with Crippen molar-refractivity contribution in [3.05, 3.63) is 34.6 Å². The van der Waals surface area contributed by atoms with Crippen LogP contribution in [-0.4, -0.2) is 43.4 Å². The van der Waals surface area contributed by atoms with Crippen LogP contribution in [0.1, 0.15) is 5.56 Å². The summed E-state index contributed by atoms with van der Waals surface area (Å²) in [6.45, 7) is -0.596. The lowest BCUT2D eigenvalue weighted by Crippen LogP contribution is -2.32. The number of hydrogen-bond donors (Lipinski definition) is 1. The van der Waals surface area contributed by atoms with Crippen molar-refractivity contribution >= 4 is 0 Å². The van der Waals surface area contributed by atoms with Gasteiger partial charge in [0.1, 0.15) is 0 Å². The van der Waals surface area contributed by atoms with Crippen LogP contribution in [0.3, 0.4) is 0 Å². The summed E-state index contributed by atoms with van der Waals surface area (Å²) in [5.41, 5.74) is -0.937. The van der Waals surface area contributed by atoms with Gasteiger partial charge in [0.25, 0.3) is 0 Å². The van der Waals surface area contributed by atoms with Gasteiger partial charge in [0.05, 0.1) is 12.7 Å². The Morgan fingerprint density at radius 2 is 1.45 bits per heavy atom. The van der Waals surface area contributed by atoms with Crippen molar-refractivity contribution in [2.24, 2.45) is 0 Å². The molecule has 20 heavy (non-hydrogen) atoms. The van der Waals surface area contributed by atoms with Gasteiger partial charge in [-0.05, 0) is 7.05 Å². The summed E-state index contributed by atoms with van der Waals surface area (Å²) in [7, 11) is 2.73. The van der Waals surface area contributed by atoms with Gasteiger partial charge in [-0.15, -0.1) is 0 Å². The molecule has 114 valence electrons. The second kappa shape index (κ2) is 6.96. The van der Waals surface area contributed by atoms with Gasteiger partial charge < -0.3 is 9.84 Å². The summed E-state index contributed by atoms with van der Waals surface area (Å²) in [5.74, 6) is -9.88. The van der Waals surface area contributed by atoms with Crippen molar-refractivity contribution in [1.29, 1.82) is 0 Å². The predicted octanol–water partition coefficient (Wildman–Crippen LogP) is 1.82. The molecule has 0 saturated carbocycles. The third-order valence-electron chi connectivity index (χ3n) is 2.61. The molecular weight excluding hydrogens is 285 g/mol. The van der Waals surface area contributed by atoms with Crippen LogP contribution in [0.4, 0.5) is 22.0 Å². The largest absolute Gasteiger partial charge is 0.389 e. The molecule has 0 heterocycles. The van der Waals surface area contributed by atoms with E-state index in [1.807, 2.05) is 0 Å². The van der Waals surface area contributed by atoms with Gasteiger partial charge >= 0.3 is 0 Å². The Labute approximate surface area is 112 Å². The first-order valence-electron chi connectivity index (χ1n) is 5.65. The first-order chi connectivity index (χ1) is 9.29. The van der Waals surface area contributed by atoms with Crippen molar-refractivity contribution in [2.75, 3.05) is 27.3 Å². The number of ether oxygens (including phenoxy) is 1. The molecule has 0 fully saturated rings. The average molecular weight is 299 g/mol. The number of aliphatic hydroxyl groups excluding tert-OH is 1. The third-order valence-corrected chi connectivity index (χ3v) is 2.61. The van der Waals surface area contributed by atoms with Crippen molar-refractivity contribution in [3.63, 3.8) is 0 Å². The maximum Gasteiger partial charge on any atom is 0.200 e. The molecule has 8 heteroatoms. The molecule has 1 rings (SSSR count). The van der Waals surface area contributed by atoms with Crippen molar-refractivity contribution in [1.82, 2.24) is 4.90 Å². The van der Waals surface area contributed by atoms with Crippen LogP contribution in [0.5, 0.6) is 0 Å². The lowest BCUT2D eigenvalue weighted by molar-refractivity contribution is 0.0414. The highest BCUT2D eigenvalue weighted by Crippen LogP contribution is 2.23. The highest BCUT2D eigenvalue weighted by atomic mass is 19.2. The van der Waals surface area contributed by atoms with E-state index in [2.05, 4.69) is 4.74 Å². The molecule has 0 aliphatic carbocycles. The minimum absolute atomic E-state index is 0.0125. The number of likely N-dealkylation sites (N-methyl/N-ethyl adjacent to an activating group) is 1. The van der Waals surface area contributed by atoms with Crippen LogP contribution < -0.4 is 0 Å². The van der Waals surface area contributed by atoms with E-state index in [0.717, 1.165) is 0 Å². The average Bonchev–Trinajstić information content (AvgIpc) is 2.39. The van der Waals surface area contributed by atoms with E-state index in [4.69, 9.17) is 0 Å². The molecule has 3 nitrogen and oxygen atoms in total. The molecule has 1 aromatic carbocycles. The van der Waals surface area contributed by atoms with E-state index < -0.39 is 47.3 Å². The van der Waals surface area contributed by atoms with E-state index in [1.165, 1.54) is 19.1 Å². The number of methoxy groups -OCH3 is 1. The molecule has 0 aromatic heterocycles. The molecule has 0 spiro atoms. The molecule has 1 N–H and O–H groups in total. The standard InChI is InChI=1S/C12H14F5NO2/c1-18(3-6(19)5-20-2)4-7-8(13)10(15)12(17)11(16)9(7)14/h6,19H,3-5H2,1-2H3. The van der Waals surface area contributed by atoms with Crippen LogP contribution in [0.2, 0.25) is 0 Å². The highest BCUT2D eigenvalue weighted by Gasteiger charge is 2.26. The fraction of sp³-hybridized carbons (Fsp3) is 0.500. The second-order valence-electron chi connectivity index (χ2n) is 4.35. The summed E-state index contributed by atoms with van der Waals surface area (Å²) in [6, 6.07) is 0. The Morgan fingerprint density at radius 1 is 1.00 bits per heavy atom. The first kappa shape index (κ1) is 16.8. The zero-order valence-electron chi connectivity index (χ0n) is 10.9. The van der Waals surface area contributed by atoms with Gasteiger partial charge in [-0.3, -0.25) is 4.90 Å². The molecule has 0 aliphatic heterocycles. The Morgan fingerprint density at radius 3 is 1.90 bits per heavy atom. The highest BCUT2D eigenvalue weighted by molar-refractivity contribution is 5.24. The molecule has 0 bridgehead atoms. The summed E-state index contributed by atoms with van der Waals surface area (Å²) in [6.07, 6.45) is -0.939. The lowest BCUT2D eigenvalue weighted by atomic mass is 10.1. The number of nitrogens with zero attached hydrogens (tertiary/aromatic N) is 1. The van der Waals surface area contributed by atoms with Crippen LogP contribution in [0, 0.1) is 29.1 Å². The van der Waals surface area contributed by atoms with E-state index in [9.17, 15) is 27.1 Å². The Hall–Kier alpha value is -1.25. The number of aliphatic hydroxyl groups is 1. The fourth-order valence-electron chi connectivity index (χ4n) is 1.73. The van der Waals surface area contributed by atoms with E-state index in [0.29, 0.717) is 0 Å². The maximum atomic E-state index is 13.4. The van der Waals surface area contributed by atoms with Gasteiger partial charge in [0.15, 0.2) is 23.3 Å². The molecular formula is C12H14F5NO2. The van der Waals surface area contributed by atoms with E-state index >= 15 is 0 Å². The summed E-state index contributed by atoms with van der Waals surface area (Å²) in [4.78, 5) is 1.22. The van der Waals surface area contributed by atoms with Gasteiger partial charge in [-0.2, -0.15) is 0 Å². The maximum absolute atomic E-state index is 13.4. The fourth-order valence-corrected chi connectivity index (χ4v) is 1.73. The van der Waals surface area contributed by atoms with Gasteiger partial charge in [-0.25, -0.2) is 22.0 Å². The summed E-state index contributed by atoms with van der Waals surface area (Å²) < 4.78 is 70.3. The van der Waals surface area contributed by atoms with Crippen molar-refractivity contribution < 1.29 is 31.8 Å². The first-order valence-corrected chi connectivity index (χ1v) is 5.65. The summed E-state index contributed by atoms with van der Waals surface area (Å²) >= 11 is 0. The van der Waals surface area contributed by atoms with Crippen LogP contribution in [0.15, 0.2) is 0 Å². The van der Waals surface area contributed by atoms with Crippen LogP contribution in [0.25, 0.3) is 0 Å². The Kier molecular flexibility index (Phi) is 5.85. The number of halogens is 5. The third kappa shape index (κ3) is 3.65. The van der Waals surface area contributed by atoms with Crippen molar-refractivity contribution in [3.8, 4) is 0 Å². The van der Waals surface area contributed by atoms with Gasteiger partial charge in [-0.1, -0.05) is 0 Å². The monoisotopic (exact) mass is 299 g/mol. The predicted molar refractivity (Wildman–Crippen MR) is 60.4 cm³/mol. The Bertz CT molecular complexity index is 454. The van der Waals surface area contributed by atoms with E-state index in [1.54, 1.807) is 0 Å². The number of benzene rings is 1. The zero-order valence-corrected chi connectivity index (χ0v) is 10.9. The van der Waals surface area contributed by atoms with Crippen LogP contribution >= 0.6 is 0 Å². The normalized spacial score (nSPS) is 13.1. The number of rotatable bonds is 6. The molecule has 1 unspecified atom stereocenters. The molecule has 1 aromatic rings. The SMILES string of the molecule is COCC(O)CN(C)Cc1c(F)c(F)c(F)c(F)c1F. The lowest BCUT2D eigenvalue weighted by Gasteiger charge is -2.21. The molecule has 1 atom stereocenters. The molecule has 0 aliphatic rings. The quantitative estimate of drug-likeness (QED) is 0.494. The second-order valence-corrected chi connectivity index (χ2v) is 4.35. The summed E-state index contributed by atoms with van der Waals surface area (Å²) in [5, 5.41) is 9.43. The van der Waals surface area contributed by atoms with Crippen molar-refractivity contribution in [2.45, 2.75) is 12.6 Å². The minimum Gasteiger partial charge on any atom is -0.389 e. The molecule has 0 amide bonds.